The molecule has 0 saturated carbocycles. The minimum atomic E-state index is -0.523. The highest BCUT2D eigenvalue weighted by Gasteiger charge is 2.17. The number of carbonyl (C=O) groups is 1. The Morgan fingerprint density at radius 3 is 2.54 bits per heavy atom. The highest BCUT2D eigenvalue weighted by atomic mass is 16.6. The maximum Gasteiger partial charge on any atom is 0.413 e. The van der Waals surface area contributed by atoms with Crippen LogP contribution >= 0.6 is 0 Å². The number of carbonyl (C=O) groups excluding carboxylic acids is 1. The monoisotopic (exact) mass is 350 g/mol. The minimum Gasteiger partial charge on any atom is -0.441 e. The second kappa shape index (κ2) is 7.84. The number of ether oxygens (including phenoxy) is 1. The summed E-state index contributed by atoms with van der Waals surface area (Å²) in [5.74, 6) is 0.579. The molecule has 3 rings (SSSR count). The van der Waals surface area contributed by atoms with Gasteiger partial charge in [-0.15, -0.1) is 0 Å². The lowest BCUT2D eigenvalue weighted by Gasteiger charge is -2.15. The van der Waals surface area contributed by atoms with Crippen LogP contribution in [0.4, 0.5) is 10.6 Å². The van der Waals surface area contributed by atoms with Gasteiger partial charge in [0.25, 0.3) is 0 Å². The van der Waals surface area contributed by atoms with Crippen LogP contribution in [0.5, 0.6) is 0 Å². The Hall–Kier alpha value is -3.12. The average Bonchev–Trinajstić information content (AvgIpc) is 3.03. The van der Waals surface area contributed by atoms with Gasteiger partial charge in [-0.3, -0.25) is 5.32 Å². The van der Waals surface area contributed by atoms with Crippen LogP contribution in [0.15, 0.2) is 60.9 Å². The summed E-state index contributed by atoms with van der Waals surface area (Å²) in [5, 5.41) is 2.80. The van der Waals surface area contributed by atoms with Gasteiger partial charge < -0.3 is 15.0 Å². The van der Waals surface area contributed by atoms with Gasteiger partial charge in [0, 0.05) is 19.2 Å². The zero-order chi connectivity index (χ0) is 18.5. The minimum absolute atomic E-state index is 0.350. The lowest BCUT2D eigenvalue weighted by molar-refractivity contribution is 0.121. The normalized spacial score (nSPS) is 11.8. The number of hydrogen-bond donors (Lipinski definition) is 2. The van der Waals surface area contributed by atoms with Crippen molar-refractivity contribution in [1.82, 2.24) is 9.55 Å². The molecule has 6 heteroatoms. The largest absolute Gasteiger partial charge is 0.441 e. The fourth-order valence-corrected chi connectivity index (χ4v) is 2.67. The molecule has 3 N–H and O–H groups in total. The maximum absolute atomic E-state index is 12.3. The first-order valence-electron chi connectivity index (χ1n) is 8.41. The Bertz CT molecular complexity index is 873. The van der Waals surface area contributed by atoms with E-state index in [1.807, 2.05) is 68.6 Å². The average molecular weight is 350 g/mol. The molecule has 26 heavy (non-hydrogen) atoms. The lowest BCUT2D eigenvalue weighted by Crippen LogP contribution is -2.18. The SMILES string of the molecule is CC(OC(=O)Nc1c(-c2ccc(CN)cc2)ncn1C)c1ccccc1. The van der Waals surface area contributed by atoms with E-state index in [0.717, 1.165) is 16.7 Å². The van der Waals surface area contributed by atoms with Gasteiger partial charge >= 0.3 is 6.09 Å². The number of anilines is 1. The van der Waals surface area contributed by atoms with E-state index < -0.39 is 6.09 Å². The lowest BCUT2D eigenvalue weighted by atomic mass is 10.1. The quantitative estimate of drug-likeness (QED) is 0.732. The number of nitrogens with one attached hydrogen (secondary N) is 1. The summed E-state index contributed by atoms with van der Waals surface area (Å²) < 4.78 is 7.24. The summed E-state index contributed by atoms with van der Waals surface area (Å²) in [6, 6.07) is 17.4. The molecule has 0 bridgehead atoms. The predicted octanol–water partition coefficient (Wildman–Crippen LogP) is 3.86. The molecule has 3 aromatic rings. The molecular formula is C20H22N4O2. The first-order valence-corrected chi connectivity index (χ1v) is 8.41. The van der Waals surface area contributed by atoms with Crippen LogP contribution in [0.25, 0.3) is 11.3 Å². The van der Waals surface area contributed by atoms with Crippen molar-refractivity contribution in [1.29, 1.82) is 0 Å². The van der Waals surface area contributed by atoms with Crippen LogP contribution in [0.2, 0.25) is 0 Å². The highest BCUT2D eigenvalue weighted by Crippen LogP contribution is 2.27. The number of rotatable bonds is 5. The summed E-state index contributed by atoms with van der Waals surface area (Å²) >= 11 is 0. The zero-order valence-electron chi connectivity index (χ0n) is 14.8. The van der Waals surface area contributed by atoms with Crippen molar-refractivity contribution in [2.75, 3.05) is 5.32 Å². The second-order valence-electron chi connectivity index (χ2n) is 6.04. The maximum atomic E-state index is 12.3. The standard InChI is InChI=1S/C20H22N4O2/c1-14(16-6-4-3-5-7-16)26-20(25)23-19-18(22-13-24(19)2)17-10-8-15(12-21)9-11-17/h3-11,13-14H,12,21H2,1-2H3,(H,23,25). The van der Waals surface area contributed by atoms with Crippen molar-refractivity contribution in [2.24, 2.45) is 12.8 Å². The molecule has 2 aromatic carbocycles. The molecular weight excluding hydrogens is 328 g/mol. The van der Waals surface area contributed by atoms with Gasteiger partial charge in [-0.05, 0) is 18.1 Å². The van der Waals surface area contributed by atoms with Gasteiger partial charge in [-0.25, -0.2) is 9.78 Å². The third-order valence-electron chi connectivity index (χ3n) is 4.17. The van der Waals surface area contributed by atoms with E-state index in [1.165, 1.54) is 0 Å². The van der Waals surface area contributed by atoms with E-state index in [0.29, 0.717) is 18.1 Å². The molecule has 0 saturated heterocycles. The van der Waals surface area contributed by atoms with Crippen molar-refractivity contribution in [3.8, 4) is 11.3 Å². The molecule has 1 atom stereocenters. The van der Waals surface area contributed by atoms with Gasteiger partial charge in [0.1, 0.15) is 17.6 Å². The van der Waals surface area contributed by atoms with Crippen LogP contribution < -0.4 is 11.1 Å². The topological polar surface area (TPSA) is 82.2 Å². The van der Waals surface area contributed by atoms with Crippen LogP contribution in [-0.4, -0.2) is 15.6 Å². The summed E-state index contributed by atoms with van der Waals surface area (Å²) in [4.78, 5) is 16.7. The Balaban J connectivity index is 1.75. The van der Waals surface area contributed by atoms with E-state index in [2.05, 4.69) is 10.3 Å². The van der Waals surface area contributed by atoms with Crippen molar-refractivity contribution >= 4 is 11.9 Å². The molecule has 1 amide bonds. The third kappa shape index (κ3) is 3.92. The first-order chi connectivity index (χ1) is 12.6. The van der Waals surface area contributed by atoms with Crippen LogP contribution in [0, 0.1) is 0 Å². The van der Waals surface area contributed by atoms with Crippen molar-refractivity contribution in [3.05, 3.63) is 72.1 Å². The van der Waals surface area contributed by atoms with Gasteiger partial charge in [0.2, 0.25) is 0 Å². The number of aromatic nitrogens is 2. The van der Waals surface area contributed by atoms with Crippen molar-refractivity contribution in [2.45, 2.75) is 19.6 Å². The van der Waals surface area contributed by atoms with Gasteiger partial charge in [0.05, 0.1) is 6.33 Å². The Kier molecular flexibility index (Phi) is 5.34. The van der Waals surface area contributed by atoms with E-state index >= 15 is 0 Å². The molecule has 1 unspecified atom stereocenters. The summed E-state index contributed by atoms with van der Waals surface area (Å²) in [6.07, 6.45) is 0.782. The number of benzene rings is 2. The van der Waals surface area contributed by atoms with Crippen LogP contribution in [-0.2, 0) is 18.3 Å². The van der Waals surface area contributed by atoms with Crippen LogP contribution in [0.1, 0.15) is 24.2 Å². The molecule has 134 valence electrons. The van der Waals surface area contributed by atoms with Gasteiger partial charge in [0.15, 0.2) is 0 Å². The number of imidazole rings is 1. The van der Waals surface area contributed by atoms with Crippen LogP contribution in [0.3, 0.4) is 0 Å². The number of amides is 1. The Labute approximate surface area is 152 Å². The van der Waals surface area contributed by atoms with E-state index in [-0.39, 0.29) is 6.10 Å². The summed E-state index contributed by atoms with van der Waals surface area (Å²) in [7, 11) is 1.82. The number of nitrogens with zero attached hydrogens (tertiary/aromatic N) is 2. The van der Waals surface area contributed by atoms with E-state index in [4.69, 9.17) is 10.5 Å². The Morgan fingerprint density at radius 1 is 1.19 bits per heavy atom. The number of aryl methyl sites for hydroxylation is 1. The highest BCUT2D eigenvalue weighted by molar-refractivity contribution is 5.89. The first kappa shape index (κ1) is 17.7. The predicted molar refractivity (Wildman–Crippen MR) is 101 cm³/mol. The fourth-order valence-electron chi connectivity index (χ4n) is 2.67. The molecule has 0 spiro atoms. The summed E-state index contributed by atoms with van der Waals surface area (Å²) in [5.41, 5.74) is 9.19. The molecule has 1 aromatic heterocycles. The van der Waals surface area contributed by atoms with E-state index in [1.54, 1.807) is 10.9 Å². The number of nitrogens with two attached hydrogens (primary N) is 1. The van der Waals surface area contributed by atoms with Crippen molar-refractivity contribution in [3.63, 3.8) is 0 Å². The molecule has 1 heterocycles. The van der Waals surface area contributed by atoms with E-state index in [9.17, 15) is 4.79 Å². The molecule has 0 radical (unpaired) electrons. The molecule has 0 fully saturated rings. The molecule has 6 nitrogen and oxygen atoms in total. The molecule has 0 aliphatic rings. The third-order valence-corrected chi connectivity index (χ3v) is 4.17. The molecule has 0 aliphatic heterocycles. The number of hydrogen-bond acceptors (Lipinski definition) is 4. The smallest absolute Gasteiger partial charge is 0.413 e. The van der Waals surface area contributed by atoms with Gasteiger partial charge in [-0.1, -0.05) is 54.6 Å². The van der Waals surface area contributed by atoms with Gasteiger partial charge in [-0.2, -0.15) is 0 Å². The molecule has 0 aliphatic carbocycles. The fraction of sp³-hybridized carbons (Fsp3) is 0.200. The summed E-state index contributed by atoms with van der Waals surface area (Å²) in [6.45, 7) is 2.32. The Morgan fingerprint density at radius 2 is 1.88 bits per heavy atom. The zero-order valence-corrected chi connectivity index (χ0v) is 14.8. The van der Waals surface area contributed by atoms with Crippen molar-refractivity contribution < 1.29 is 9.53 Å². The second-order valence-corrected chi connectivity index (χ2v) is 6.04.